The maximum absolute atomic E-state index is 14.6. The van der Waals surface area contributed by atoms with Crippen LogP contribution in [-0.4, -0.2) is 36.0 Å². The Bertz CT molecular complexity index is 827. The van der Waals surface area contributed by atoms with Gasteiger partial charge in [-0.15, -0.1) is 0 Å². The second-order valence-electron chi connectivity index (χ2n) is 7.72. The van der Waals surface area contributed by atoms with Gasteiger partial charge in [0, 0.05) is 24.5 Å². The van der Waals surface area contributed by atoms with Crippen molar-refractivity contribution in [2.24, 2.45) is 0 Å². The van der Waals surface area contributed by atoms with Crippen LogP contribution >= 0.6 is 0 Å². The highest BCUT2D eigenvalue weighted by atomic mass is 19.1. The Labute approximate surface area is 158 Å². The summed E-state index contributed by atoms with van der Waals surface area (Å²) in [5.74, 6) is -0.608. The SMILES string of the molecule is CC(C)N1CC(C2c3cccc(F)c3CCc3c(F)cccc32)NCC1=O. The molecule has 2 aromatic carbocycles. The number of nitrogens with zero attached hydrogens (tertiary/aromatic N) is 1. The highest BCUT2D eigenvalue weighted by molar-refractivity contribution is 5.79. The number of carbonyl (C=O) groups is 1. The maximum Gasteiger partial charge on any atom is 0.236 e. The molecule has 1 aliphatic heterocycles. The molecule has 1 fully saturated rings. The number of halogens is 2. The van der Waals surface area contributed by atoms with Gasteiger partial charge < -0.3 is 10.2 Å². The van der Waals surface area contributed by atoms with Gasteiger partial charge in [0.15, 0.2) is 0 Å². The predicted molar refractivity (Wildman–Crippen MR) is 101 cm³/mol. The van der Waals surface area contributed by atoms with Crippen molar-refractivity contribution < 1.29 is 13.6 Å². The largest absolute Gasteiger partial charge is 0.338 e. The molecular weight excluding hydrogens is 346 g/mol. The van der Waals surface area contributed by atoms with Crippen molar-refractivity contribution in [3.05, 3.63) is 70.3 Å². The topological polar surface area (TPSA) is 32.3 Å². The van der Waals surface area contributed by atoms with Crippen LogP contribution in [-0.2, 0) is 17.6 Å². The summed E-state index contributed by atoms with van der Waals surface area (Å²) < 4.78 is 29.2. The summed E-state index contributed by atoms with van der Waals surface area (Å²) in [7, 11) is 0. The van der Waals surface area contributed by atoms with E-state index in [2.05, 4.69) is 5.32 Å². The lowest BCUT2D eigenvalue weighted by Crippen LogP contribution is -2.58. The predicted octanol–water partition coefficient (Wildman–Crippen LogP) is 3.40. The Hall–Kier alpha value is -2.27. The van der Waals surface area contributed by atoms with Crippen LogP contribution in [0.5, 0.6) is 0 Å². The third-order valence-corrected chi connectivity index (χ3v) is 5.86. The van der Waals surface area contributed by atoms with Crippen LogP contribution < -0.4 is 5.32 Å². The van der Waals surface area contributed by atoms with Crippen LogP contribution in [0.4, 0.5) is 8.78 Å². The molecular formula is C22H24F2N2O. The average molecular weight is 370 g/mol. The molecule has 0 bridgehead atoms. The van der Waals surface area contributed by atoms with Gasteiger partial charge in [0.2, 0.25) is 5.91 Å². The fraction of sp³-hybridized carbons (Fsp3) is 0.409. The quantitative estimate of drug-likeness (QED) is 0.879. The summed E-state index contributed by atoms with van der Waals surface area (Å²) in [5.41, 5.74) is 3.12. The lowest BCUT2D eigenvalue weighted by molar-refractivity contribution is -0.134. The Morgan fingerprint density at radius 3 is 2.07 bits per heavy atom. The molecule has 1 aliphatic carbocycles. The molecule has 0 aromatic heterocycles. The van der Waals surface area contributed by atoms with Gasteiger partial charge in [0.1, 0.15) is 11.6 Å². The van der Waals surface area contributed by atoms with Gasteiger partial charge >= 0.3 is 0 Å². The lowest BCUT2D eigenvalue weighted by Gasteiger charge is -2.40. The van der Waals surface area contributed by atoms with Crippen LogP contribution in [0, 0.1) is 11.6 Å². The van der Waals surface area contributed by atoms with Gasteiger partial charge in [0.05, 0.1) is 6.54 Å². The molecule has 1 unspecified atom stereocenters. The first kappa shape index (κ1) is 18.1. The number of carbonyl (C=O) groups excluding carboxylic acids is 1. The van der Waals surface area contributed by atoms with E-state index in [0.29, 0.717) is 30.5 Å². The number of hydrogen-bond acceptors (Lipinski definition) is 2. The first-order valence-electron chi connectivity index (χ1n) is 9.54. The Balaban J connectivity index is 1.85. The van der Waals surface area contributed by atoms with Crippen LogP contribution in [0.3, 0.4) is 0 Å². The highest BCUT2D eigenvalue weighted by Crippen LogP contribution is 2.39. The summed E-state index contributed by atoms with van der Waals surface area (Å²) >= 11 is 0. The third kappa shape index (κ3) is 3.14. The molecule has 1 amide bonds. The zero-order chi connectivity index (χ0) is 19.1. The van der Waals surface area contributed by atoms with Crippen molar-refractivity contribution in [1.82, 2.24) is 10.2 Å². The number of piperazine rings is 1. The van der Waals surface area contributed by atoms with Crippen molar-refractivity contribution in [2.75, 3.05) is 13.1 Å². The molecule has 142 valence electrons. The molecule has 0 radical (unpaired) electrons. The van der Waals surface area contributed by atoms with E-state index in [1.54, 1.807) is 12.1 Å². The standard InChI is InChI=1S/C22H24F2N2O/c1-13(2)26-12-20(25-11-21(26)27)22-16-5-3-7-18(23)14(16)9-10-15-17(22)6-4-8-19(15)24/h3-8,13,20,22,25H,9-12H2,1-2H3. The van der Waals surface area contributed by atoms with Gasteiger partial charge in [-0.1, -0.05) is 24.3 Å². The zero-order valence-corrected chi connectivity index (χ0v) is 15.6. The Morgan fingerprint density at radius 2 is 1.56 bits per heavy atom. The van der Waals surface area contributed by atoms with Gasteiger partial charge in [-0.2, -0.15) is 0 Å². The van der Waals surface area contributed by atoms with E-state index in [1.807, 2.05) is 30.9 Å². The van der Waals surface area contributed by atoms with Crippen molar-refractivity contribution in [3.8, 4) is 0 Å². The van der Waals surface area contributed by atoms with E-state index in [1.165, 1.54) is 12.1 Å². The van der Waals surface area contributed by atoms with Crippen LogP contribution in [0.25, 0.3) is 0 Å². The van der Waals surface area contributed by atoms with E-state index in [0.717, 1.165) is 11.1 Å². The molecule has 1 heterocycles. The average Bonchev–Trinajstić information content (AvgIpc) is 2.81. The Morgan fingerprint density at radius 1 is 1.00 bits per heavy atom. The number of nitrogens with one attached hydrogen (secondary N) is 1. The first-order valence-corrected chi connectivity index (χ1v) is 9.54. The molecule has 27 heavy (non-hydrogen) atoms. The number of rotatable bonds is 2. The van der Waals surface area contributed by atoms with Crippen molar-refractivity contribution in [1.29, 1.82) is 0 Å². The summed E-state index contributed by atoms with van der Waals surface area (Å²) in [6.07, 6.45) is 0.956. The second-order valence-corrected chi connectivity index (χ2v) is 7.72. The first-order chi connectivity index (χ1) is 13.0. The normalized spacial score (nSPS) is 20.4. The molecule has 0 saturated carbocycles. The molecule has 5 heteroatoms. The maximum atomic E-state index is 14.6. The summed E-state index contributed by atoms with van der Waals surface area (Å²) in [4.78, 5) is 14.1. The molecule has 0 spiro atoms. The molecule has 1 saturated heterocycles. The van der Waals surface area contributed by atoms with E-state index >= 15 is 0 Å². The second kappa shape index (κ2) is 7.04. The fourth-order valence-corrected chi connectivity index (χ4v) is 4.53. The van der Waals surface area contributed by atoms with E-state index in [9.17, 15) is 13.6 Å². The number of fused-ring (bicyclic) bond motifs is 2. The summed E-state index contributed by atoms with van der Waals surface area (Å²) in [6, 6.07) is 10.3. The third-order valence-electron chi connectivity index (χ3n) is 5.86. The summed E-state index contributed by atoms with van der Waals surface area (Å²) in [6.45, 7) is 4.75. The highest BCUT2D eigenvalue weighted by Gasteiger charge is 2.37. The number of benzene rings is 2. The van der Waals surface area contributed by atoms with E-state index < -0.39 is 0 Å². The van der Waals surface area contributed by atoms with E-state index in [-0.39, 0.29) is 42.1 Å². The minimum Gasteiger partial charge on any atom is -0.338 e. The van der Waals surface area contributed by atoms with Crippen molar-refractivity contribution in [2.45, 2.75) is 44.7 Å². The minimum absolute atomic E-state index is 0.0637. The van der Waals surface area contributed by atoms with Gasteiger partial charge in [-0.25, -0.2) is 8.78 Å². The number of amides is 1. The monoisotopic (exact) mass is 370 g/mol. The fourth-order valence-electron chi connectivity index (χ4n) is 4.53. The van der Waals surface area contributed by atoms with Gasteiger partial charge in [-0.05, 0) is 61.1 Å². The Kier molecular flexibility index (Phi) is 4.72. The smallest absolute Gasteiger partial charge is 0.236 e. The number of hydrogen-bond donors (Lipinski definition) is 1. The molecule has 2 aromatic rings. The van der Waals surface area contributed by atoms with Crippen molar-refractivity contribution >= 4 is 5.91 Å². The lowest BCUT2D eigenvalue weighted by atomic mass is 9.81. The van der Waals surface area contributed by atoms with Crippen LogP contribution in [0.2, 0.25) is 0 Å². The van der Waals surface area contributed by atoms with Gasteiger partial charge in [-0.3, -0.25) is 4.79 Å². The molecule has 1 atom stereocenters. The summed E-state index contributed by atoms with van der Waals surface area (Å²) in [5, 5.41) is 3.34. The van der Waals surface area contributed by atoms with Crippen LogP contribution in [0.15, 0.2) is 36.4 Å². The molecule has 4 rings (SSSR count). The zero-order valence-electron chi connectivity index (χ0n) is 15.6. The molecule has 1 N–H and O–H groups in total. The minimum atomic E-state index is -0.238. The van der Waals surface area contributed by atoms with Crippen LogP contribution in [0.1, 0.15) is 42.0 Å². The van der Waals surface area contributed by atoms with E-state index in [4.69, 9.17) is 0 Å². The molecule has 2 aliphatic rings. The van der Waals surface area contributed by atoms with Gasteiger partial charge in [0.25, 0.3) is 0 Å². The van der Waals surface area contributed by atoms with Crippen molar-refractivity contribution in [3.63, 3.8) is 0 Å². The molecule has 3 nitrogen and oxygen atoms in total.